The largest absolute Gasteiger partial charge is 0.372 e. The van der Waals surface area contributed by atoms with Crippen molar-refractivity contribution in [3.63, 3.8) is 0 Å². The molecule has 4 nitrogen and oxygen atoms in total. The fourth-order valence-corrected chi connectivity index (χ4v) is 3.55. The lowest BCUT2D eigenvalue weighted by Crippen LogP contribution is -2.28. The third kappa shape index (κ3) is 5.07. The minimum atomic E-state index is 0.485. The van der Waals surface area contributed by atoms with Crippen molar-refractivity contribution in [2.45, 2.75) is 39.5 Å². The third-order valence-corrected chi connectivity index (χ3v) is 5.11. The van der Waals surface area contributed by atoms with Gasteiger partial charge in [0, 0.05) is 24.5 Å². The van der Waals surface area contributed by atoms with Crippen molar-refractivity contribution in [3.05, 3.63) is 59.2 Å². The van der Waals surface area contributed by atoms with Crippen molar-refractivity contribution in [3.8, 4) is 0 Å². The van der Waals surface area contributed by atoms with Crippen LogP contribution in [0, 0.1) is 0 Å². The van der Waals surface area contributed by atoms with Crippen LogP contribution in [0.2, 0.25) is 0 Å². The molecule has 0 spiro atoms. The lowest BCUT2D eigenvalue weighted by Gasteiger charge is -2.30. The van der Waals surface area contributed by atoms with Gasteiger partial charge in [0.25, 0.3) is 0 Å². The van der Waals surface area contributed by atoms with Gasteiger partial charge in [-0.3, -0.25) is 5.43 Å². The topological polar surface area (TPSA) is 39.7 Å². The van der Waals surface area contributed by atoms with Crippen LogP contribution >= 0.6 is 12.2 Å². The number of hydrazone groups is 1. The first-order valence-corrected chi connectivity index (χ1v) is 10.1. The van der Waals surface area contributed by atoms with Gasteiger partial charge in [0.1, 0.15) is 0 Å². The summed E-state index contributed by atoms with van der Waals surface area (Å²) < 4.78 is 0. The number of aryl methyl sites for hydroxylation is 1. The lowest BCUT2D eigenvalue weighted by atomic mass is 9.99. The van der Waals surface area contributed by atoms with Crippen molar-refractivity contribution in [1.29, 1.82) is 0 Å². The van der Waals surface area contributed by atoms with Gasteiger partial charge in [-0.15, -0.1) is 0 Å². The molecule has 0 fully saturated rings. The summed E-state index contributed by atoms with van der Waals surface area (Å²) in [5, 5.41) is 7.92. The molecule has 1 heterocycles. The number of benzene rings is 2. The number of rotatable bonds is 5. The van der Waals surface area contributed by atoms with Crippen LogP contribution in [-0.4, -0.2) is 24.4 Å². The summed E-state index contributed by atoms with van der Waals surface area (Å²) >= 11 is 5.32. The molecule has 0 bridgehead atoms. The van der Waals surface area contributed by atoms with Gasteiger partial charge in [0.05, 0.1) is 6.21 Å². The predicted octanol–water partition coefficient (Wildman–Crippen LogP) is 4.90. The Morgan fingerprint density at radius 3 is 2.70 bits per heavy atom. The van der Waals surface area contributed by atoms with Crippen molar-refractivity contribution in [1.82, 2.24) is 5.43 Å². The van der Waals surface area contributed by atoms with Crippen molar-refractivity contribution in [2.24, 2.45) is 5.10 Å². The Balaban J connectivity index is 1.56. The molecule has 0 radical (unpaired) electrons. The van der Waals surface area contributed by atoms with Crippen LogP contribution in [-0.2, 0) is 6.42 Å². The van der Waals surface area contributed by atoms with E-state index < -0.39 is 0 Å². The quantitative estimate of drug-likeness (QED) is 0.439. The normalized spacial score (nSPS) is 13.7. The first kappa shape index (κ1) is 19.4. The van der Waals surface area contributed by atoms with E-state index in [1.165, 1.54) is 23.2 Å². The Labute approximate surface area is 167 Å². The van der Waals surface area contributed by atoms with Crippen LogP contribution in [0.5, 0.6) is 0 Å². The molecule has 0 unspecified atom stereocenters. The van der Waals surface area contributed by atoms with Gasteiger partial charge in [0.15, 0.2) is 5.11 Å². The van der Waals surface area contributed by atoms with E-state index in [2.05, 4.69) is 71.8 Å². The maximum Gasteiger partial charge on any atom is 0.191 e. The highest BCUT2D eigenvalue weighted by molar-refractivity contribution is 7.80. The smallest absolute Gasteiger partial charge is 0.191 e. The molecule has 0 aromatic heterocycles. The van der Waals surface area contributed by atoms with E-state index in [4.69, 9.17) is 12.2 Å². The monoisotopic (exact) mass is 380 g/mol. The molecule has 1 aliphatic rings. The summed E-state index contributed by atoms with van der Waals surface area (Å²) in [4.78, 5) is 2.43. The number of fused-ring (bicyclic) bond motifs is 1. The summed E-state index contributed by atoms with van der Waals surface area (Å²) in [7, 11) is 0. The molecule has 2 N–H and O–H groups in total. The summed E-state index contributed by atoms with van der Waals surface area (Å²) in [5.74, 6) is 0.523. The molecule has 1 aliphatic heterocycles. The summed E-state index contributed by atoms with van der Waals surface area (Å²) in [6.45, 7) is 8.78. The van der Waals surface area contributed by atoms with Crippen LogP contribution in [0.4, 0.5) is 11.4 Å². The standard InChI is InChI=1S/C22H28N4S/c1-4-26-13-5-6-19-14-17(7-12-21(19)26)15-23-25-22(27)24-20-10-8-18(9-11-20)16(2)3/h7-12,14-16H,4-6,13H2,1-3H3,(H2,24,25,27)/b23-15-. The van der Waals surface area contributed by atoms with Crippen molar-refractivity contribution < 1.29 is 0 Å². The van der Waals surface area contributed by atoms with Crippen LogP contribution in [0.15, 0.2) is 47.6 Å². The molecule has 5 heteroatoms. The molecule has 142 valence electrons. The Bertz CT molecular complexity index is 812. The zero-order valence-corrected chi connectivity index (χ0v) is 17.1. The predicted molar refractivity (Wildman–Crippen MR) is 120 cm³/mol. The molecule has 0 atom stereocenters. The van der Waals surface area contributed by atoms with Gasteiger partial charge in [-0.1, -0.05) is 32.0 Å². The van der Waals surface area contributed by atoms with Gasteiger partial charge >= 0.3 is 0 Å². The summed E-state index contributed by atoms with van der Waals surface area (Å²) in [6.07, 6.45) is 4.16. The van der Waals surface area contributed by atoms with E-state index in [0.29, 0.717) is 11.0 Å². The maximum atomic E-state index is 5.32. The number of thiocarbonyl (C=S) groups is 1. The number of hydrogen-bond donors (Lipinski definition) is 2. The van der Waals surface area contributed by atoms with Crippen LogP contribution < -0.4 is 15.6 Å². The Morgan fingerprint density at radius 1 is 1.22 bits per heavy atom. The number of hydrogen-bond acceptors (Lipinski definition) is 3. The highest BCUT2D eigenvalue weighted by Gasteiger charge is 2.15. The fraction of sp³-hybridized carbons (Fsp3) is 0.364. The van der Waals surface area contributed by atoms with Gasteiger partial charge in [-0.25, -0.2) is 0 Å². The number of nitrogens with zero attached hydrogens (tertiary/aromatic N) is 2. The average Bonchev–Trinajstić information content (AvgIpc) is 2.67. The van der Waals surface area contributed by atoms with E-state index in [1.807, 2.05) is 18.3 Å². The second-order valence-corrected chi connectivity index (χ2v) is 7.58. The Hall–Kier alpha value is -2.40. The molecule has 3 rings (SSSR count). The zero-order chi connectivity index (χ0) is 19.2. The summed E-state index contributed by atoms with van der Waals surface area (Å²) in [5.41, 5.74) is 9.01. The Morgan fingerprint density at radius 2 is 2.00 bits per heavy atom. The highest BCUT2D eigenvalue weighted by atomic mass is 32.1. The van der Waals surface area contributed by atoms with E-state index in [1.54, 1.807) is 0 Å². The molecular weight excluding hydrogens is 352 g/mol. The molecule has 0 amide bonds. The molecule has 27 heavy (non-hydrogen) atoms. The molecular formula is C22H28N4S. The van der Waals surface area contributed by atoms with E-state index in [9.17, 15) is 0 Å². The van der Waals surface area contributed by atoms with Gasteiger partial charge in [-0.05, 0) is 78.9 Å². The minimum Gasteiger partial charge on any atom is -0.372 e. The summed E-state index contributed by atoms with van der Waals surface area (Å²) in [6, 6.07) is 14.8. The van der Waals surface area contributed by atoms with Crippen LogP contribution in [0.1, 0.15) is 49.8 Å². The molecule has 2 aromatic carbocycles. The first-order chi connectivity index (χ1) is 13.1. The molecule has 2 aromatic rings. The minimum absolute atomic E-state index is 0.485. The average molecular weight is 381 g/mol. The van der Waals surface area contributed by atoms with Crippen molar-refractivity contribution in [2.75, 3.05) is 23.3 Å². The van der Waals surface area contributed by atoms with Crippen LogP contribution in [0.25, 0.3) is 0 Å². The van der Waals surface area contributed by atoms with E-state index in [0.717, 1.165) is 30.8 Å². The second kappa shape index (κ2) is 9.00. The Kier molecular flexibility index (Phi) is 6.45. The molecule has 0 aliphatic carbocycles. The molecule has 0 saturated heterocycles. The lowest BCUT2D eigenvalue weighted by molar-refractivity contribution is 0.708. The third-order valence-electron chi connectivity index (χ3n) is 4.92. The second-order valence-electron chi connectivity index (χ2n) is 7.17. The van der Waals surface area contributed by atoms with Gasteiger partial charge in [0.2, 0.25) is 0 Å². The van der Waals surface area contributed by atoms with Gasteiger partial charge in [-0.2, -0.15) is 5.10 Å². The zero-order valence-electron chi connectivity index (χ0n) is 16.3. The fourth-order valence-electron chi connectivity index (χ4n) is 3.38. The first-order valence-electron chi connectivity index (χ1n) is 9.64. The SMILES string of the molecule is CCN1CCCc2cc(/C=N\NC(=S)Nc3ccc(C(C)C)cc3)ccc21. The molecule has 0 saturated carbocycles. The van der Waals surface area contributed by atoms with Crippen LogP contribution in [0.3, 0.4) is 0 Å². The number of nitrogens with one attached hydrogen (secondary N) is 2. The highest BCUT2D eigenvalue weighted by Crippen LogP contribution is 2.27. The van der Waals surface area contributed by atoms with E-state index in [-0.39, 0.29) is 0 Å². The van der Waals surface area contributed by atoms with Crippen molar-refractivity contribution >= 4 is 34.9 Å². The maximum absolute atomic E-state index is 5.32. The van der Waals surface area contributed by atoms with Gasteiger partial charge < -0.3 is 10.2 Å². The number of anilines is 2. The van der Waals surface area contributed by atoms with E-state index >= 15 is 0 Å².